The number of carbonyl (C=O) groups excluding carboxylic acids is 1. The molecule has 0 saturated heterocycles. The minimum Gasteiger partial charge on any atom is -0.358 e. The average Bonchev–Trinajstić information content (AvgIpc) is 2.62. The number of H-pyrrole nitrogens is 1. The Hall–Kier alpha value is -1.92. The summed E-state index contributed by atoms with van der Waals surface area (Å²) in [4.78, 5) is 21.0. The fourth-order valence-corrected chi connectivity index (χ4v) is 0.909. The maximum absolute atomic E-state index is 11.4. The molecule has 0 spiro atoms. The molecule has 0 aromatic carbocycles. The monoisotopic (exact) mass is 212 g/mol. The van der Waals surface area contributed by atoms with Crippen molar-refractivity contribution in [3.63, 3.8) is 0 Å². The van der Waals surface area contributed by atoms with Crippen LogP contribution >= 0.6 is 0 Å². The Morgan fingerprint density at radius 3 is 2.87 bits per heavy atom. The van der Waals surface area contributed by atoms with Crippen molar-refractivity contribution in [2.24, 2.45) is 5.92 Å². The summed E-state index contributed by atoms with van der Waals surface area (Å²) in [6.07, 6.45) is 0. The first-order valence-corrected chi connectivity index (χ1v) is 4.48. The zero-order valence-corrected chi connectivity index (χ0v) is 8.48. The molecule has 0 fully saturated rings. The molecule has 7 nitrogen and oxygen atoms in total. The number of hydrogen-bond acceptors (Lipinski definition) is 4. The molecule has 82 valence electrons. The molecule has 15 heavy (non-hydrogen) atoms. The van der Waals surface area contributed by atoms with E-state index in [2.05, 4.69) is 15.5 Å². The third-order valence-corrected chi connectivity index (χ3v) is 1.66. The molecular weight excluding hydrogens is 200 g/mol. The third kappa shape index (κ3) is 3.04. The van der Waals surface area contributed by atoms with Gasteiger partial charge in [0.25, 0.3) is 5.91 Å². The van der Waals surface area contributed by atoms with Gasteiger partial charge < -0.3 is 15.4 Å². The van der Waals surface area contributed by atoms with Crippen molar-refractivity contribution >= 4 is 11.7 Å². The topological polar surface area (TPSA) is 101 Å². The molecule has 1 aromatic rings. The van der Waals surface area contributed by atoms with Crippen LogP contribution in [-0.2, 0) is 0 Å². The number of aromatic nitrogens is 2. The summed E-state index contributed by atoms with van der Waals surface area (Å²) in [7, 11) is 0. The summed E-state index contributed by atoms with van der Waals surface area (Å²) in [5.74, 6) is -0.374. The van der Waals surface area contributed by atoms with Gasteiger partial charge in [-0.1, -0.05) is 18.9 Å². The normalized spacial score (nSPS) is 10.3. The molecule has 1 aromatic heterocycles. The highest BCUT2D eigenvalue weighted by Gasteiger charge is 2.15. The van der Waals surface area contributed by atoms with Crippen LogP contribution in [0.3, 0.4) is 0 Å². The van der Waals surface area contributed by atoms with Crippen LogP contribution in [-0.4, -0.2) is 27.6 Å². The van der Waals surface area contributed by atoms with Crippen LogP contribution < -0.4 is 5.32 Å². The molecule has 1 amide bonds. The lowest BCUT2D eigenvalue weighted by molar-refractivity contribution is -0.389. The SMILES string of the molecule is CC(C)CNC(=O)c1cc([N+](=O)[O-])[nH]n1. The van der Waals surface area contributed by atoms with E-state index in [0.29, 0.717) is 12.5 Å². The zero-order valence-electron chi connectivity index (χ0n) is 8.48. The van der Waals surface area contributed by atoms with Gasteiger partial charge in [-0.15, -0.1) is 5.10 Å². The molecule has 0 radical (unpaired) electrons. The summed E-state index contributed by atoms with van der Waals surface area (Å²) >= 11 is 0. The molecule has 0 aliphatic heterocycles. The van der Waals surface area contributed by atoms with Crippen LogP contribution in [0, 0.1) is 16.0 Å². The van der Waals surface area contributed by atoms with Crippen LogP contribution in [0.1, 0.15) is 24.3 Å². The van der Waals surface area contributed by atoms with Gasteiger partial charge >= 0.3 is 5.82 Å². The number of aromatic amines is 1. The molecule has 2 N–H and O–H groups in total. The van der Waals surface area contributed by atoms with E-state index in [1.807, 2.05) is 13.8 Å². The third-order valence-electron chi connectivity index (χ3n) is 1.66. The van der Waals surface area contributed by atoms with Gasteiger partial charge in [0.15, 0.2) is 5.69 Å². The van der Waals surface area contributed by atoms with E-state index in [1.54, 1.807) is 0 Å². The van der Waals surface area contributed by atoms with Crippen LogP contribution in [0.5, 0.6) is 0 Å². The number of nitro groups is 1. The van der Waals surface area contributed by atoms with E-state index >= 15 is 0 Å². The summed E-state index contributed by atoms with van der Waals surface area (Å²) in [6, 6.07) is 1.11. The lowest BCUT2D eigenvalue weighted by Gasteiger charge is -2.04. The number of carbonyl (C=O) groups is 1. The predicted molar refractivity (Wildman–Crippen MR) is 52.4 cm³/mol. The second-order valence-electron chi connectivity index (χ2n) is 3.50. The Balaban J connectivity index is 2.62. The standard InChI is InChI=1S/C8H12N4O3/c1-5(2)4-9-8(13)6-3-7(11-10-6)12(14)15/h3,5H,4H2,1-2H3,(H,9,13)(H,10,11). The Bertz CT molecular complexity index is 372. The second-order valence-corrected chi connectivity index (χ2v) is 3.50. The first-order chi connectivity index (χ1) is 7.00. The van der Waals surface area contributed by atoms with Gasteiger partial charge in [-0.3, -0.25) is 4.79 Å². The summed E-state index contributed by atoms with van der Waals surface area (Å²) in [5.41, 5.74) is 0.0300. The van der Waals surface area contributed by atoms with Crippen LogP contribution in [0.25, 0.3) is 0 Å². The maximum Gasteiger partial charge on any atom is 0.343 e. The average molecular weight is 212 g/mol. The maximum atomic E-state index is 11.4. The Labute approximate surface area is 86.0 Å². The van der Waals surface area contributed by atoms with Crippen molar-refractivity contribution in [3.8, 4) is 0 Å². The van der Waals surface area contributed by atoms with Gasteiger partial charge in [0.1, 0.15) is 0 Å². The van der Waals surface area contributed by atoms with E-state index in [1.165, 1.54) is 0 Å². The lowest BCUT2D eigenvalue weighted by Crippen LogP contribution is -2.27. The summed E-state index contributed by atoms with van der Waals surface area (Å²) < 4.78 is 0. The number of rotatable bonds is 4. The van der Waals surface area contributed by atoms with Gasteiger partial charge in [-0.25, -0.2) is 0 Å². The largest absolute Gasteiger partial charge is 0.358 e. The van der Waals surface area contributed by atoms with E-state index in [-0.39, 0.29) is 11.5 Å². The Morgan fingerprint density at radius 2 is 2.40 bits per heavy atom. The fraction of sp³-hybridized carbons (Fsp3) is 0.500. The number of nitrogens with zero attached hydrogens (tertiary/aromatic N) is 2. The number of amides is 1. The van der Waals surface area contributed by atoms with Crippen molar-refractivity contribution in [2.75, 3.05) is 6.54 Å². The quantitative estimate of drug-likeness (QED) is 0.566. The lowest BCUT2D eigenvalue weighted by atomic mass is 10.2. The van der Waals surface area contributed by atoms with E-state index in [0.717, 1.165) is 6.07 Å². The van der Waals surface area contributed by atoms with Gasteiger partial charge in [0.2, 0.25) is 0 Å². The summed E-state index contributed by atoms with van der Waals surface area (Å²) in [6.45, 7) is 4.42. The first-order valence-electron chi connectivity index (χ1n) is 4.48. The van der Waals surface area contributed by atoms with Crippen molar-refractivity contribution in [2.45, 2.75) is 13.8 Å². The summed E-state index contributed by atoms with van der Waals surface area (Å²) in [5, 5.41) is 18.6. The number of nitrogens with one attached hydrogen (secondary N) is 2. The van der Waals surface area contributed by atoms with Crippen molar-refractivity contribution in [1.29, 1.82) is 0 Å². The molecule has 0 aliphatic rings. The second kappa shape index (κ2) is 4.54. The van der Waals surface area contributed by atoms with Crippen molar-refractivity contribution < 1.29 is 9.72 Å². The molecule has 1 rings (SSSR count). The van der Waals surface area contributed by atoms with Crippen LogP contribution in [0.2, 0.25) is 0 Å². The Morgan fingerprint density at radius 1 is 1.73 bits per heavy atom. The molecule has 0 atom stereocenters. The number of hydrogen-bond donors (Lipinski definition) is 2. The van der Waals surface area contributed by atoms with Gasteiger partial charge in [-0.2, -0.15) is 0 Å². The fourth-order valence-electron chi connectivity index (χ4n) is 0.909. The first kappa shape index (κ1) is 11.2. The van der Waals surface area contributed by atoms with E-state index in [4.69, 9.17) is 0 Å². The minimum atomic E-state index is -0.633. The molecule has 0 bridgehead atoms. The van der Waals surface area contributed by atoms with Crippen LogP contribution in [0.15, 0.2) is 6.07 Å². The molecule has 0 unspecified atom stereocenters. The van der Waals surface area contributed by atoms with Crippen molar-refractivity contribution in [1.82, 2.24) is 15.5 Å². The highest BCUT2D eigenvalue weighted by atomic mass is 16.6. The van der Waals surface area contributed by atoms with Crippen LogP contribution in [0.4, 0.5) is 5.82 Å². The molecule has 7 heteroatoms. The van der Waals surface area contributed by atoms with E-state index < -0.39 is 10.8 Å². The van der Waals surface area contributed by atoms with Gasteiger partial charge in [0.05, 0.1) is 6.07 Å². The zero-order chi connectivity index (χ0) is 11.4. The van der Waals surface area contributed by atoms with Gasteiger partial charge in [0, 0.05) is 6.54 Å². The van der Waals surface area contributed by atoms with Crippen molar-refractivity contribution in [3.05, 3.63) is 21.9 Å². The van der Waals surface area contributed by atoms with Gasteiger partial charge in [-0.05, 0) is 10.8 Å². The smallest absolute Gasteiger partial charge is 0.343 e. The minimum absolute atomic E-state index is 0.0300. The highest BCUT2D eigenvalue weighted by molar-refractivity contribution is 5.92. The Kier molecular flexibility index (Phi) is 3.37. The molecule has 0 saturated carbocycles. The predicted octanol–water partition coefficient (Wildman–Crippen LogP) is 0.704. The highest BCUT2D eigenvalue weighted by Crippen LogP contribution is 2.07. The molecule has 1 heterocycles. The van der Waals surface area contributed by atoms with E-state index in [9.17, 15) is 14.9 Å². The molecule has 0 aliphatic carbocycles. The molecular formula is C8H12N4O3.